The van der Waals surface area contributed by atoms with Crippen LogP contribution in [0.1, 0.15) is 45.2 Å². The third kappa shape index (κ3) is 8.24. The number of aryl methyl sites for hydroxylation is 1. The van der Waals surface area contributed by atoms with E-state index < -0.39 is 34.1 Å². The van der Waals surface area contributed by atoms with Gasteiger partial charge in [0.25, 0.3) is 10.0 Å². The summed E-state index contributed by atoms with van der Waals surface area (Å²) in [5.74, 6) is -0.289. The Morgan fingerprint density at radius 3 is 2.24 bits per heavy atom. The SMILES string of the molecule is CCC(C(=O)NC(C)(C)C)N(Cc1cccc(OC)c1)C(=O)CN(c1ccccc1Cl)S(=O)(=O)c1ccc(C)cc1. The highest BCUT2D eigenvalue weighted by Crippen LogP contribution is 2.31. The molecule has 3 rings (SSSR count). The number of sulfonamides is 1. The van der Waals surface area contributed by atoms with E-state index in [2.05, 4.69) is 5.32 Å². The van der Waals surface area contributed by atoms with Crippen LogP contribution in [0.5, 0.6) is 5.75 Å². The topological polar surface area (TPSA) is 96.0 Å². The predicted molar refractivity (Wildman–Crippen MR) is 163 cm³/mol. The first-order chi connectivity index (χ1) is 19.3. The number of hydrogen-bond donors (Lipinski definition) is 1. The number of halogens is 1. The Kier molecular flexibility index (Phi) is 10.4. The van der Waals surface area contributed by atoms with Gasteiger partial charge in [0.2, 0.25) is 11.8 Å². The van der Waals surface area contributed by atoms with Crippen LogP contribution in [-0.4, -0.2) is 50.4 Å². The fourth-order valence-electron chi connectivity index (χ4n) is 4.34. The largest absolute Gasteiger partial charge is 0.497 e. The van der Waals surface area contributed by atoms with Crippen molar-refractivity contribution in [2.24, 2.45) is 0 Å². The van der Waals surface area contributed by atoms with Crippen LogP contribution in [0.3, 0.4) is 0 Å². The lowest BCUT2D eigenvalue weighted by atomic mass is 10.1. The van der Waals surface area contributed by atoms with Gasteiger partial charge in [-0.25, -0.2) is 8.42 Å². The molecule has 0 spiro atoms. The number of ether oxygens (including phenoxy) is 1. The molecule has 220 valence electrons. The molecule has 0 saturated heterocycles. The molecule has 0 aromatic heterocycles. The lowest BCUT2D eigenvalue weighted by molar-refractivity contribution is -0.141. The molecule has 1 N–H and O–H groups in total. The lowest BCUT2D eigenvalue weighted by Crippen LogP contribution is -2.55. The molecule has 0 heterocycles. The van der Waals surface area contributed by atoms with Gasteiger partial charge >= 0.3 is 0 Å². The third-order valence-corrected chi connectivity index (χ3v) is 8.47. The van der Waals surface area contributed by atoms with Crippen LogP contribution in [0, 0.1) is 6.92 Å². The minimum absolute atomic E-state index is 0.0210. The number of carbonyl (C=O) groups excluding carboxylic acids is 2. The lowest BCUT2D eigenvalue weighted by Gasteiger charge is -2.35. The third-order valence-electron chi connectivity index (χ3n) is 6.38. The van der Waals surface area contributed by atoms with Crippen molar-refractivity contribution < 1.29 is 22.7 Å². The zero-order valence-electron chi connectivity index (χ0n) is 24.3. The molecule has 10 heteroatoms. The van der Waals surface area contributed by atoms with Gasteiger partial charge in [-0.1, -0.05) is 60.5 Å². The molecule has 0 saturated carbocycles. The van der Waals surface area contributed by atoms with Gasteiger partial charge in [0, 0.05) is 12.1 Å². The van der Waals surface area contributed by atoms with Crippen LogP contribution >= 0.6 is 11.6 Å². The second-order valence-corrected chi connectivity index (χ2v) is 13.1. The molecule has 1 unspecified atom stereocenters. The fraction of sp³-hybridized carbons (Fsp3) is 0.355. The fourth-order valence-corrected chi connectivity index (χ4v) is 6.07. The molecular formula is C31H38ClN3O5S. The maximum atomic E-state index is 14.2. The van der Waals surface area contributed by atoms with E-state index in [1.54, 1.807) is 61.7 Å². The molecule has 1 atom stereocenters. The number of rotatable bonds is 11. The predicted octanol–water partition coefficient (Wildman–Crippen LogP) is 5.57. The van der Waals surface area contributed by atoms with E-state index in [0.717, 1.165) is 15.4 Å². The molecule has 8 nitrogen and oxygen atoms in total. The Balaban J connectivity index is 2.09. The number of hydrogen-bond acceptors (Lipinski definition) is 5. The highest BCUT2D eigenvalue weighted by Gasteiger charge is 2.35. The zero-order valence-corrected chi connectivity index (χ0v) is 25.9. The number of methoxy groups -OCH3 is 1. The molecule has 0 radical (unpaired) electrons. The summed E-state index contributed by atoms with van der Waals surface area (Å²) in [6.07, 6.45) is 0.314. The van der Waals surface area contributed by atoms with Crippen LogP contribution in [0.4, 0.5) is 5.69 Å². The molecule has 0 bridgehead atoms. The van der Waals surface area contributed by atoms with Gasteiger partial charge in [0.05, 0.1) is 22.7 Å². The van der Waals surface area contributed by atoms with Gasteiger partial charge in [-0.3, -0.25) is 13.9 Å². The summed E-state index contributed by atoms with van der Waals surface area (Å²) in [4.78, 5) is 29.0. The first kappa shape index (κ1) is 32.0. The maximum Gasteiger partial charge on any atom is 0.264 e. The Morgan fingerprint density at radius 1 is 1.00 bits per heavy atom. The summed E-state index contributed by atoms with van der Waals surface area (Å²) in [6, 6.07) is 19.2. The van der Waals surface area contributed by atoms with Crippen molar-refractivity contribution in [2.45, 2.75) is 64.1 Å². The zero-order chi connectivity index (χ0) is 30.4. The minimum Gasteiger partial charge on any atom is -0.497 e. The van der Waals surface area contributed by atoms with E-state index in [4.69, 9.17) is 16.3 Å². The molecule has 0 aliphatic rings. The number of carbonyl (C=O) groups is 2. The smallest absolute Gasteiger partial charge is 0.264 e. The van der Waals surface area contributed by atoms with Crippen molar-refractivity contribution in [3.05, 3.63) is 88.9 Å². The Morgan fingerprint density at radius 2 is 1.66 bits per heavy atom. The van der Waals surface area contributed by atoms with Crippen molar-refractivity contribution in [2.75, 3.05) is 18.0 Å². The van der Waals surface area contributed by atoms with E-state index >= 15 is 0 Å². The van der Waals surface area contributed by atoms with E-state index in [-0.39, 0.29) is 28.1 Å². The van der Waals surface area contributed by atoms with Crippen LogP contribution in [-0.2, 0) is 26.2 Å². The summed E-state index contributed by atoms with van der Waals surface area (Å²) < 4.78 is 34.3. The van der Waals surface area contributed by atoms with Crippen LogP contribution in [0.15, 0.2) is 77.7 Å². The number of amides is 2. The second kappa shape index (κ2) is 13.4. The number of nitrogens with zero attached hydrogens (tertiary/aromatic N) is 2. The highest BCUT2D eigenvalue weighted by molar-refractivity contribution is 7.92. The van der Waals surface area contributed by atoms with Gasteiger partial charge in [-0.15, -0.1) is 0 Å². The molecule has 0 aliphatic heterocycles. The number of anilines is 1. The summed E-state index contributed by atoms with van der Waals surface area (Å²) in [5.41, 5.74) is 1.25. The quantitative estimate of drug-likeness (QED) is 0.311. The summed E-state index contributed by atoms with van der Waals surface area (Å²) >= 11 is 6.47. The van der Waals surface area contributed by atoms with Crippen LogP contribution in [0.2, 0.25) is 5.02 Å². The summed E-state index contributed by atoms with van der Waals surface area (Å²) in [7, 11) is -2.66. The monoisotopic (exact) mass is 599 g/mol. The molecule has 0 aliphatic carbocycles. The number of para-hydroxylation sites is 1. The number of benzene rings is 3. The Hall–Kier alpha value is -3.56. The van der Waals surface area contributed by atoms with E-state index in [1.165, 1.54) is 17.0 Å². The first-order valence-corrected chi connectivity index (χ1v) is 15.2. The Labute approximate surface area is 248 Å². The molecule has 41 heavy (non-hydrogen) atoms. The van der Waals surface area contributed by atoms with Crippen molar-refractivity contribution in [3.8, 4) is 5.75 Å². The van der Waals surface area contributed by atoms with Crippen molar-refractivity contribution in [1.82, 2.24) is 10.2 Å². The normalized spacial score (nSPS) is 12.4. The highest BCUT2D eigenvalue weighted by atomic mass is 35.5. The first-order valence-electron chi connectivity index (χ1n) is 13.3. The van der Waals surface area contributed by atoms with Gasteiger partial charge in [0.1, 0.15) is 18.3 Å². The average molecular weight is 600 g/mol. The van der Waals surface area contributed by atoms with Gasteiger partial charge in [-0.2, -0.15) is 0 Å². The minimum atomic E-state index is -4.21. The van der Waals surface area contributed by atoms with Gasteiger partial charge < -0.3 is 15.0 Å². The van der Waals surface area contributed by atoms with E-state index in [0.29, 0.717) is 12.2 Å². The molecule has 0 fully saturated rings. The van der Waals surface area contributed by atoms with E-state index in [9.17, 15) is 18.0 Å². The molecule has 2 amide bonds. The van der Waals surface area contributed by atoms with Gasteiger partial charge in [-0.05, 0) is 76.1 Å². The number of nitrogens with one attached hydrogen (secondary N) is 1. The standard InChI is InChI=1S/C31H38ClN3O5S/c1-7-27(30(37)33-31(3,4)5)34(20-23-11-10-12-24(19-23)40-6)29(36)21-35(28-14-9-8-13-26(28)32)41(38,39)25-17-15-22(2)16-18-25/h8-19,27H,7,20-21H2,1-6H3,(H,33,37). The van der Waals surface area contributed by atoms with Crippen LogP contribution in [0.25, 0.3) is 0 Å². The molecule has 3 aromatic rings. The van der Waals surface area contributed by atoms with Crippen molar-refractivity contribution >= 4 is 39.1 Å². The Bertz CT molecular complexity index is 1470. The average Bonchev–Trinajstić information content (AvgIpc) is 2.91. The van der Waals surface area contributed by atoms with E-state index in [1.807, 2.05) is 40.7 Å². The van der Waals surface area contributed by atoms with Crippen molar-refractivity contribution in [1.29, 1.82) is 0 Å². The van der Waals surface area contributed by atoms with Crippen LogP contribution < -0.4 is 14.4 Å². The molecular weight excluding hydrogens is 562 g/mol. The summed E-state index contributed by atoms with van der Waals surface area (Å²) in [6.45, 7) is 8.75. The van der Waals surface area contributed by atoms with Crippen molar-refractivity contribution in [3.63, 3.8) is 0 Å². The molecule has 3 aromatic carbocycles. The van der Waals surface area contributed by atoms with Gasteiger partial charge in [0.15, 0.2) is 0 Å². The summed E-state index contributed by atoms with van der Waals surface area (Å²) in [5, 5.41) is 3.13. The maximum absolute atomic E-state index is 14.2. The second-order valence-electron chi connectivity index (χ2n) is 10.8.